The number of nitrogens with zero attached hydrogens (tertiary/aromatic N) is 2. The zero-order valence-electron chi connectivity index (χ0n) is 7.53. The Balaban J connectivity index is 2.43. The van der Waals surface area contributed by atoms with E-state index in [1.165, 1.54) is 17.8 Å². The molecule has 0 fully saturated rings. The maximum atomic E-state index is 4.34. The maximum Gasteiger partial charge on any atom is 0.0619 e. The second kappa shape index (κ2) is 4.48. The summed E-state index contributed by atoms with van der Waals surface area (Å²) in [6, 6.07) is 0.462. The van der Waals surface area contributed by atoms with Crippen LogP contribution in [0.25, 0.3) is 0 Å². The van der Waals surface area contributed by atoms with Crippen molar-refractivity contribution in [2.75, 3.05) is 7.05 Å². The quantitative estimate of drug-likeness (QED) is 0.492. The van der Waals surface area contributed by atoms with Crippen LogP contribution in [-0.2, 0) is 0 Å². The van der Waals surface area contributed by atoms with Crippen molar-refractivity contribution in [2.24, 2.45) is 4.40 Å². The molecule has 1 aliphatic rings. The van der Waals surface area contributed by atoms with E-state index in [2.05, 4.69) is 35.3 Å². The van der Waals surface area contributed by atoms with Gasteiger partial charge in [-0.25, -0.2) is 8.70 Å². The van der Waals surface area contributed by atoms with Gasteiger partial charge in [0.1, 0.15) is 0 Å². The first-order valence-corrected chi connectivity index (χ1v) is 4.73. The summed E-state index contributed by atoms with van der Waals surface area (Å²) in [5.41, 5.74) is 1.24. The van der Waals surface area contributed by atoms with Gasteiger partial charge in [-0.3, -0.25) is 0 Å². The molecule has 0 aliphatic carbocycles. The summed E-state index contributed by atoms with van der Waals surface area (Å²) >= 11 is 1.53. The second-order valence-electron chi connectivity index (χ2n) is 2.75. The summed E-state index contributed by atoms with van der Waals surface area (Å²) in [7, 11) is 2.06. The molecule has 0 aromatic rings. The van der Waals surface area contributed by atoms with Crippen LogP contribution in [0.2, 0.25) is 0 Å². The predicted molar refractivity (Wildman–Crippen MR) is 56.2 cm³/mol. The third kappa shape index (κ3) is 2.22. The molecule has 12 heavy (non-hydrogen) atoms. The van der Waals surface area contributed by atoms with Gasteiger partial charge in [0.25, 0.3) is 0 Å². The van der Waals surface area contributed by atoms with E-state index < -0.39 is 0 Å². The molecule has 0 aromatic heterocycles. The Morgan fingerprint density at radius 1 is 1.75 bits per heavy atom. The van der Waals surface area contributed by atoms with E-state index in [0.717, 1.165) is 6.42 Å². The average molecular weight is 182 g/mol. The third-order valence-electron chi connectivity index (χ3n) is 1.91. The fourth-order valence-electron chi connectivity index (χ4n) is 0.967. The van der Waals surface area contributed by atoms with Crippen LogP contribution in [0.15, 0.2) is 29.2 Å². The molecule has 0 radical (unpaired) electrons. The van der Waals surface area contributed by atoms with Crippen molar-refractivity contribution >= 4 is 17.8 Å². The zero-order valence-corrected chi connectivity index (χ0v) is 8.34. The van der Waals surface area contributed by atoms with Crippen LogP contribution in [0.3, 0.4) is 0 Å². The van der Waals surface area contributed by atoms with Crippen LogP contribution in [0.4, 0.5) is 0 Å². The molecular weight excluding hydrogens is 168 g/mol. The largest absolute Gasteiger partial charge is 0.225 e. The summed E-state index contributed by atoms with van der Waals surface area (Å²) < 4.78 is 6.49. The molecule has 1 unspecified atom stereocenters. The first-order valence-electron chi connectivity index (χ1n) is 4.00. The predicted octanol–water partition coefficient (Wildman–Crippen LogP) is 2.46. The minimum atomic E-state index is 0.462. The Labute approximate surface area is 78.3 Å². The first kappa shape index (κ1) is 9.55. The van der Waals surface area contributed by atoms with Gasteiger partial charge in [-0.2, -0.15) is 0 Å². The van der Waals surface area contributed by atoms with Gasteiger partial charge in [-0.05, 0) is 14.0 Å². The Morgan fingerprint density at radius 2 is 2.50 bits per heavy atom. The molecule has 0 saturated carbocycles. The standard InChI is InChI=1S/C9H14N2S/c1-4-5-6-7-9-8(2)11(3)12-10-9/h4-6,8H,1,7H2,2-3H3. The van der Waals surface area contributed by atoms with Gasteiger partial charge in [0.15, 0.2) is 0 Å². The molecule has 3 heteroatoms. The van der Waals surface area contributed by atoms with E-state index >= 15 is 0 Å². The monoisotopic (exact) mass is 182 g/mol. The molecule has 0 saturated heterocycles. The maximum absolute atomic E-state index is 4.34. The van der Waals surface area contributed by atoms with Crippen LogP contribution in [-0.4, -0.2) is 23.1 Å². The smallest absolute Gasteiger partial charge is 0.0619 e. The SMILES string of the molecule is C=CC=CCC1=NSN(C)C1C. The van der Waals surface area contributed by atoms with Crippen molar-refractivity contribution in [1.29, 1.82) is 0 Å². The highest BCUT2D eigenvalue weighted by Crippen LogP contribution is 2.23. The van der Waals surface area contributed by atoms with Crippen LogP contribution < -0.4 is 0 Å². The fourth-order valence-corrected chi connectivity index (χ4v) is 1.69. The topological polar surface area (TPSA) is 15.6 Å². The Bertz CT molecular complexity index is 221. The normalized spacial score (nSPS) is 24.8. The van der Waals surface area contributed by atoms with E-state index in [-0.39, 0.29) is 0 Å². The highest BCUT2D eigenvalue weighted by Gasteiger charge is 2.21. The van der Waals surface area contributed by atoms with E-state index in [1.807, 2.05) is 6.08 Å². The summed E-state index contributed by atoms with van der Waals surface area (Å²) in [6.07, 6.45) is 6.77. The Kier molecular flexibility index (Phi) is 3.56. The van der Waals surface area contributed by atoms with Gasteiger partial charge in [-0.1, -0.05) is 24.8 Å². The van der Waals surface area contributed by atoms with Gasteiger partial charge in [0, 0.05) is 12.1 Å². The lowest BCUT2D eigenvalue weighted by Crippen LogP contribution is -2.25. The molecule has 1 rings (SSSR count). The molecule has 0 aromatic carbocycles. The minimum Gasteiger partial charge on any atom is -0.225 e. The third-order valence-corrected chi connectivity index (χ3v) is 2.80. The van der Waals surface area contributed by atoms with E-state index in [4.69, 9.17) is 0 Å². The molecule has 1 atom stereocenters. The molecule has 1 aliphatic heterocycles. The van der Waals surface area contributed by atoms with Crippen molar-refractivity contribution in [3.63, 3.8) is 0 Å². The molecule has 0 spiro atoms. The highest BCUT2D eigenvalue weighted by molar-refractivity contribution is 7.96. The second-order valence-corrected chi connectivity index (χ2v) is 3.68. The summed E-state index contributed by atoms with van der Waals surface area (Å²) in [6.45, 7) is 5.78. The first-order chi connectivity index (χ1) is 5.75. The summed E-state index contributed by atoms with van der Waals surface area (Å²) in [5.74, 6) is 0. The molecule has 0 bridgehead atoms. The summed E-state index contributed by atoms with van der Waals surface area (Å²) in [4.78, 5) is 0. The molecule has 0 amide bonds. The Hall–Kier alpha value is -0.540. The lowest BCUT2D eigenvalue weighted by atomic mass is 10.1. The van der Waals surface area contributed by atoms with Gasteiger partial charge >= 0.3 is 0 Å². The minimum absolute atomic E-state index is 0.462. The Morgan fingerprint density at radius 3 is 3.00 bits per heavy atom. The number of allylic oxidation sites excluding steroid dienone is 3. The molecule has 66 valence electrons. The zero-order chi connectivity index (χ0) is 8.97. The van der Waals surface area contributed by atoms with Crippen molar-refractivity contribution in [2.45, 2.75) is 19.4 Å². The van der Waals surface area contributed by atoms with E-state index in [0.29, 0.717) is 6.04 Å². The van der Waals surface area contributed by atoms with Crippen molar-refractivity contribution in [1.82, 2.24) is 4.31 Å². The fraction of sp³-hybridized carbons (Fsp3) is 0.444. The van der Waals surface area contributed by atoms with E-state index in [9.17, 15) is 0 Å². The lowest BCUT2D eigenvalue weighted by Gasteiger charge is -2.12. The van der Waals surface area contributed by atoms with Crippen molar-refractivity contribution in [3.8, 4) is 0 Å². The lowest BCUT2D eigenvalue weighted by molar-refractivity contribution is 0.542. The molecular formula is C9H14N2S. The number of hydrogen-bond donors (Lipinski definition) is 0. The van der Waals surface area contributed by atoms with E-state index in [1.54, 1.807) is 6.08 Å². The van der Waals surface area contributed by atoms with Crippen molar-refractivity contribution < 1.29 is 0 Å². The van der Waals surface area contributed by atoms with Gasteiger partial charge in [0.2, 0.25) is 0 Å². The van der Waals surface area contributed by atoms with Gasteiger partial charge in [-0.15, -0.1) is 0 Å². The van der Waals surface area contributed by atoms with Gasteiger partial charge in [0.05, 0.1) is 18.2 Å². The van der Waals surface area contributed by atoms with Crippen LogP contribution >= 0.6 is 12.1 Å². The summed E-state index contributed by atoms with van der Waals surface area (Å²) in [5, 5.41) is 0. The highest BCUT2D eigenvalue weighted by atomic mass is 32.2. The van der Waals surface area contributed by atoms with Crippen molar-refractivity contribution in [3.05, 3.63) is 24.8 Å². The number of rotatable bonds is 3. The average Bonchev–Trinajstić information content (AvgIpc) is 2.36. The van der Waals surface area contributed by atoms with Crippen LogP contribution in [0.1, 0.15) is 13.3 Å². The van der Waals surface area contributed by atoms with Crippen LogP contribution in [0, 0.1) is 0 Å². The van der Waals surface area contributed by atoms with Crippen LogP contribution in [0.5, 0.6) is 0 Å². The molecule has 1 heterocycles. The molecule has 0 N–H and O–H groups in total. The molecule has 2 nitrogen and oxygen atoms in total. The number of hydrogen-bond acceptors (Lipinski definition) is 3. The van der Waals surface area contributed by atoms with Gasteiger partial charge < -0.3 is 0 Å².